The summed E-state index contributed by atoms with van der Waals surface area (Å²) in [5.41, 5.74) is 4.36. The predicted octanol–water partition coefficient (Wildman–Crippen LogP) is 4.05. The molecule has 1 rings (SSSR count). The van der Waals surface area contributed by atoms with Crippen LogP contribution in [0.2, 0.25) is 0 Å². The molecule has 0 heterocycles. The predicted molar refractivity (Wildman–Crippen MR) is 85.5 cm³/mol. The normalized spacial score (nSPS) is 15.2. The number of hydrazine groups is 1. The molecule has 2 unspecified atom stereocenters. The second-order valence-corrected chi connectivity index (χ2v) is 6.93. The molecule has 114 valence electrons. The lowest BCUT2D eigenvalue weighted by molar-refractivity contribution is 0.213. The van der Waals surface area contributed by atoms with Crippen LogP contribution in [0.4, 0.5) is 0 Å². The van der Waals surface area contributed by atoms with Crippen molar-refractivity contribution in [2.24, 2.45) is 17.2 Å². The molecule has 0 radical (unpaired) electrons. The first kappa shape index (κ1) is 17.0. The minimum Gasteiger partial charge on any atom is -0.491 e. The standard InChI is InChI=1S/C17H30N2O/c1-12(2)20-16-10-8-7-9-14(16)15(19-18)11-13(3)17(4,5)6/h7-10,12-13,15,19H,11,18H2,1-6H3. The fourth-order valence-corrected chi connectivity index (χ4v) is 2.12. The van der Waals surface area contributed by atoms with Gasteiger partial charge in [0.2, 0.25) is 0 Å². The van der Waals surface area contributed by atoms with Crippen LogP contribution >= 0.6 is 0 Å². The van der Waals surface area contributed by atoms with E-state index in [1.165, 1.54) is 0 Å². The number of hydrogen-bond acceptors (Lipinski definition) is 3. The summed E-state index contributed by atoms with van der Waals surface area (Å²) in [6.45, 7) is 13.2. The maximum atomic E-state index is 5.90. The molecule has 0 amide bonds. The quantitative estimate of drug-likeness (QED) is 0.609. The Labute approximate surface area is 123 Å². The fraction of sp³-hybridized carbons (Fsp3) is 0.647. The molecule has 0 fully saturated rings. The number of para-hydroxylation sites is 1. The van der Waals surface area contributed by atoms with Crippen LogP contribution in [0, 0.1) is 11.3 Å². The number of nitrogens with one attached hydrogen (secondary N) is 1. The van der Waals surface area contributed by atoms with Gasteiger partial charge in [-0.3, -0.25) is 11.3 Å². The zero-order chi connectivity index (χ0) is 15.3. The molecule has 0 aliphatic rings. The van der Waals surface area contributed by atoms with E-state index in [1.807, 2.05) is 32.0 Å². The second kappa shape index (κ2) is 7.09. The summed E-state index contributed by atoms with van der Waals surface area (Å²) < 4.78 is 5.90. The maximum absolute atomic E-state index is 5.90. The third-order valence-electron chi connectivity index (χ3n) is 3.93. The number of nitrogens with two attached hydrogens (primary N) is 1. The Morgan fingerprint density at radius 2 is 1.75 bits per heavy atom. The van der Waals surface area contributed by atoms with Crippen molar-refractivity contribution in [2.75, 3.05) is 0 Å². The van der Waals surface area contributed by atoms with E-state index in [-0.39, 0.29) is 17.6 Å². The highest BCUT2D eigenvalue weighted by Gasteiger charge is 2.25. The van der Waals surface area contributed by atoms with Crippen molar-refractivity contribution in [1.29, 1.82) is 0 Å². The summed E-state index contributed by atoms with van der Waals surface area (Å²) >= 11 is 0. The van der Waals surface area contributed by atoms with Gasteiger partial charge in [0, 0.05) is 11.6 Å². The van der Waals surface area contributed by atoms with Gasteiger partial charge in [0.25, 0.3) is 0 Å². The van der Waals surface area contributed by atoms with Crippen LogP contribution in [-0.4, -0.2) is 6.10 Å². The highest BCUT2D eigenvalue weighted by Crippen LogP contribution is 2.35. The van der Waals surface area contributed by atoms with Gasteiger partial charge in [0.1, 0.15) is 5.75 Å². The molecule has 3 N–H and O–H groups in total. The van der Waals surface area contributed by atoms with Crippen LogP contribution < -0.4 is 16.0 Å². The molecular formula is C17H30N2O. The lowest BCUT2D eigenvalue weighted by Crippen LogP contribution is -2.32. The van der Waals surface area contributed by atoms with E-state index in [2.05, 4.69) is 39.2 Å². The molecular weight excluding hydrogens is 248 g/mol. The molecule has 0 saturated carbocycles. The van der Waals surface area contributed by atoms with Gasteiger partial charge < -0.3 is 4.74 Å². The van der Waals surface area contributed by atoms with Crippen molar-refractivity contribution in [3.05, 3.63) is 29.8 Å². The summed E-state index contributed by atoms with van der Waals surface area (Å²) in [6.07, 6.45) is 1.15. The van der Waals surface area contributed by atoms with Crippen LogP contribution in [0.3, 0.4) is 0 Å². The largest absolute Gasteiger partial charge is 0.491 e. The van der Waals surface area contributed by atoms with E-state index < -0.39 is 0 Å². The van der Waals surface area contributed by atoms with Crippen molar-refractivity contribution in [3.63, 3.8) is 0 Å². The molecule has 1 aromatic carbocycles. The van der Waals surface area contributed by atoms with Crippen molar-refractivity contribution in [1.82, 2.24) is 5.43 Å². The van der Waals surface area contributed by atoms with E-state index in [0.29, 0.717) is 5.92 Å². The molecule has 20 heavy (non-hydrogen) atoms. The third-order valence-corrected chi connectivity index (χ3v) is 3.93. The minimum atomic E-state index is 0.110. The van der Waals surface area contributed by atoms with Gasteiger partial charge in [-0.05, 0) is 37.7 Å². The van der Waals surface area contributed by atoms with Gasteiger partial charge >= 0.3 is 0 Å². The van der Waals surface area contributed by atoms with E-state index in [0.717, 1.165) is 17.7 Å². The van der Waals surface area contributed by atoms with Crippen LogP contribution in [0.5, 0.6) is 5.75 Å². The lowest BCUT2D eigenvalue weighted by atomic mass is 9.77. The zero-order valence-electron chi connectivity index (χ0n) is 13.7. The molecule has 0 bridgehead atoms. The topological polar surface area (TPSA) is 47.3 Å². The molecule has 3 nitrogen and oxygen atoms in total. The monoisotopic (exact) mass is 278 g/mol. The summed E-state index contributed by atoms with van der Waals surface area (Å²) in [4.78, 5) is 0. The van der Waals surface area contributed by atoms with Gasteiger partial charge in [0.05, 0.1) is 6.10 Å². The van der Waals surface area contributed by atoms with E-state index in [9.17, 15) is 0 Å². The number of benzene rings is 1. The highest BCUT2D eigenvalue weighted by atomic mass is 16.5. The molecule has 0 aliphatic heterocycles. The summed E-state index contributed by atoms with van der Waals surface area (Å²) in [5, 5.41) is 0. The van der Waals surface area contributed by atoms with E-state index >= 15 is 0 Å². The van der Waals surface area contributed by atoms with Crippen molar-refractivity contribution < 1.29 is 4.74 Å². The van der Waals surface area contributed by atoms with Crippen molar-refractivity contribution in [2.45, 2.75) is 60.1 Å². The molecule has 2 atom stereocenters. The number of ether oxygens (including phenoxy) is 1. The molecule has 0 aliphatic carbocycles. The first-order valence-corrected chi connectivity index (χ1v) is 7.47. The van der Waals surface area contributed by atoms with Gasteiger partial charge in [-0.25, -0.2) is 0 Å². The molecule has 0 aromatic heterocycles. The SMILES string of the molecule is CC(C)Oc1ccccc1C(CC(C)C(C)(C)C)NN. The Bertz CT molecular complexity index is 410. The first-order valence-electron chi connectivity index (χ1n) is 7.47. The first-order chi connectivity index (χ1) is 9.25. The van der Waals surface area contributed by atoms with Crippen molar-refractivity contribution in [3.8, 4) is 5.75 Å². The molecule has 3 heteroatoms. The van der Waals surface area contributed by atoms with Crippen LogP contribution in [0.25, 0.3) is 0 Å². The smallest absolute Gasteiger partial charge is 0.124 e. The van der Waals surface area contributed by atoms with Crippen LogP contribution in [0.15, 0.2) is 24.3 Å². The second-order valence-electron chi connectivity index (χ2n) is 6.93. The van der Waals surface area contributed by atoms with Gasteiger partial charge in [0.15, 0.2) is 0 Å². The molecule has 0 spiro atoms. The molecule has 1 aromatic rings. The van der Waals surface area contributed by atoms with Gasteiger partial charge in [-0.1, -0.05) is 45.9 Å². The minimum absolute atomic E-state index is 0.110. The summed E-state index contributed by atoms with van der Waals surface area (Å²) in [6, 6.07) is 8.26. The van der Waals surface area contributed by atoms with Crippen LogP contribution in [0.1, 0.15) is 59.6 Å². The van der Waals surface area contributed by atoms with Crippen molar-refractivity contribution >= 4 is 0 Å². The van der Waals surface area contributed by atoms with E-state index in [1.54, 1.807) is 0 Å². The Kier molecular flexibility index (Phi) is 6.03. The average molecular weight is 278 g/mol. The summed E-state index contributed by atoms with van der Waals surface area (Å²) in [7, 11) is 0. The Morgan fingerprint density at radius 3 is 2.25 bits per heavy atom. The fourth-order valence-electron chi connectivity index (χ4n) is 2.12. The maximum Gasteiger partial charge on any atom is 0.124 e. The average Bonchev–Trinajstić information content (AvgIpc) is 2.34. The zero-order valence-corrected chi connectivity index (χ0v) is 13.7. The molecule has 0 saturated heterocycles. The number of hydrogen-bond donors (Lipinski definition) is 2. The Morgan fingerprint density at radius 1 is 1.15 bits per heavy atom. The van der Waals surface area contributed by atoms with Gasteiger partial charge in [-0.15, -0.1) is 0 Å². The third kappa shape index (κ3) is 4.80. The van der Waals surface area contributed by atoms with Crippen LogP contribution in [-0.2, 0) is 0 Å². The summed E-state index contributed by atoms with van der Waals surface area (Å²) in [5.74, 6) is 7.26. The number of rotatable bonds is 6. The Balaban J connectivity index is 2.95. The van der Waals surface area contributed by atoms with Gasteiger partial charge in [-0.2, -0.15) is 0 Å². The lowest BCUT2D eigenvalue weighted by Gasteiger charge is -2.31. The van der Waals surface area contributed by atoms with E-state index in [4.69, 9.17) is 10.6 Å². The Hall–Kier alpha value is -1.06. The highest BCUT2D eigenvalue weighted by molar-refractivity contribution is 5.36.